The molecule has 1 heterocycles. The summed E-state index contributed by atoms with van der Waals surface area (Å²) in [4.78, 5) is 15.6. The van der Waals surface area contributed by atoms with E-state index in [9.17, 15) is 4.79 Å². The highest BCUT2D eigenvalue weighted by Crippen LogP contribution is 2.14. The number of hydrogen-bond donors (Lipinski definition) is 1. The second-order valence-corrected chi connectivity index (χ2v) is 5.56. The number of carbonyl (C=O) groups excluding carboxylic acids is 1. The molecule has 0 radical (unpaired) electrons. The van der Waals surface area contributed by atoms with Gasteiger partial charge in [0, 0.05) is 19.5 Å². The summed E-state index contributed by atoms with van der Waals surface area (Å²) < 4.78 is 0. The van der Waals surface area contributed by atoms with Gasteiger partial charge in [-0.25, -0.2) is 0 Å². The molecule has 0 bridgehead atoms. The van der Waals surface area contributed by atoms with Crippen molar-refractivity contribution in [1.82, 2.24) is 15.1 Å². The van der Waals surface area contributed by atoms with Crippen LogP contribution >= 0.6 is 0 Å². The zero-order valence-corrected chi connectivity index (χ0v) is 12.2. The van der Waals surface area contributed by atoms with E-state index in [4.69, 9.17) is 0 Å². The van der Waals surface area contributed by atoms with Crippen molar-refractivity contribution in [1.29, 1.82) is 0 Å². The van der Waals surface area contributed by atoms with Crippen molar-refractivity contribution in [2.24, 2.45) is 0 Å². The molecule has 1 amide bonds. The van der Waals surface area contributed by atoms with Crippen LogP contribution in [0.3, 0.4) is 0 Å². The van der Waals surface area contributed by atoms with E-state index in [1.165, 1.54) is 45.3 Å². The van der Waals surface area contributed by atoms with Crippen LogP contribution in [0.25, 0.3) is 0 Å². The van der Waals surface area contributed by atoms with Gasteiger partial charge in [-0.1, -0.05) is 6.42 Å². The molecule has 0 atom stereocenters. The lowest BCUT2D eigenvalue weighted by molar-refractivity contribution is -0.118. The topological polar surface area (TPSA) is 35.6 Å². The normalized spacial score (nSPS) is 18.2. The van der Waals surface area contributed by atoms with Gasteiger partial charge >= 0.3 is 0 Å². The minimum absolute atomic E-state index is 0.0819. The highest BCUT2D eigenvalue weighted by molar-refractivity contribution is 5.72. The maximum absolute atomic E-state index is 10.7. The molecule has 0 aromatic carbocycles. The molecule has 0 saturated carbocycles. The third kappa shape index (κ3) is 6.36. The second-order valence-electron chi connectivity index (χ2n) is 5.56. The first-order valence-corrected chi connectivity index (χ1v) is 7.23. The van der Waals surface area contributed by atoms with Crippen molar-refractivity contribution < 1.29 is 4.79 Å². The number of nitrogens with zero attached hydrogens (tertiary/aromatic N) is 2. The van der Waals surface area contributed by atoms with Crippen LogP contribution in [-0.2, 0) is 4.79 Å². The van der Waals surface area contributed by atoms with Gasteiger partial charge in [0.15, 0.2) is 0 Å². The van der Waals surface area contributed by atoms with Crippen molar-refractivity contribution in [2.75, 3.05) is 40.3 Å². The molecule has 1 aliphatic heterocycles. The molecule has 0 aliphatic carbocycles. The molecule has 4 nitrogen and oxygen atoms in total. The van der Waals surface area contributed by atoms with Crippen LogP contribution in [0.2, 0.25) is 0 Å². The summed E-state index contributed by atoms with van der Waals surface area (Å²) in [6, 6.07) is 0.775. The third-order valence-corrected chi connectivity index (χ3v) is 3.87. The SMILES string of the molecule is CC(=O)NCCCCCN(C)C1CCN(C)CC1. The van der Waals surface area contributed by atoms with E-state index in [0.717, 1.165) is 19.0 Å². The van der Waals surface area contributed by atoms with E-state index in [1.807, 2.05) is 0 Å². The Kier molecular flexibility index (Phi) is 7.28. The molecular formula is C14H29N3O. The Morgan fingerprint density at radius 3 is 2.56 bits per heavy atom. The summed E-state index contributed by atoms with van der Waals surface area (Å²) >= 11 is 0. The molecule has 0 aromatic heterocycles. The molecule has 1 saturated heterocycles. The molecular weight excluding hydrogens is 226 g/mol. The predicted molar refractivity (Wildman–Crippen MR) is 75.7 cm³/mol. The van der Waals surface area contributed by atoms with Gasteiger partial charge in [-0.15, -0.1) is 0 Å². The third-order valence-electron chi connectivity index (χ3n) is 3.87. The van der Waals surface area contributed by atoms with Gasteiger partial charge in [-0.2, -0.15) is 0 Å². The van der Waals surface area contributed by atoms with E-state index < -0.39 is 0 Å². The smallest absolute Gasteiger partial charge is 0.216 e. The molecule has 0 aromatic rings. The quantitative estimate of drug-likeness (QED) is 0.697. The number of likely N-dealkylation sites (tertiary alicyclic amines) is 1. The standard InChI is InChI=1S/C14H29N3O/c1-13(18)15-9-5-4-6-10-17(3)14-7-11-16(2)12-8-14/h14H,4-12H2,1-3H3,(H,15,18). The van der Waals surface area contributed by atoms with Crippen molar-refractivity contribution in [3.63, 3.8) is 0 Å². The Labute approximate surface area is 112 Å². The van der Waals surface area contributed by atoms with Gasteiger partial charge < -0.3 is 15.1 Å². The number of carbonyl (C=O) groups is 1. The first kappa shape index (κ1) is 15.4. The lowest BCUT2D eigenvalue weighted by Crippen LogP contribution is -2.42. The van der Waals surface area contributed by atoms with Crippen LogP contribution in [0.1, 0.15) is 39.0 Å². The van der Waals surface area contributed by atoms with Gasteiger partial charge in [0.25, 0.3) is 0 Å². The Hall–Kier alpha value is -0.610. The first-order chi connectivity index (χ1) is 8.59. The zero-order chi connectivity index (χ0) is 13.4. The van der Waals surface area contributed by atoms with Gasteiger partial charge in [0.2, 0.25) is 5.91 Å². The number of amides is 1. The maximum Gasteiger partial charge on any atom is 0.216 e. The first-order valence-electron chi connectivity index (χ1n) is 7.23. The Morgan fingerprint density at radius 2 is 1.94 bits per heavy atom. The lowest BCUT2D eigenvalue weighted by Gasteiger charge is -2.35. The molecule has 4 heteroatoms. The highest BCUT2D eigenvalue weighted by Gasteiger charge is 2.19. The second kappa shape index (κ2) is 8.48. The Bertz CT molecular complexity index is 237. The number of hydrogen-bond acceptors (Lipinski definition) is 3. The van der Waals surface area contributed by atoms with Crippen LogP contribution in [0.4, 0.5) is 0 Å². The summed E-state index contributed by atoms with van der Waals surface area (Å²) in [7, 11) is 4.46. The molecule has 106 valence electrons. The summed E-state index contributed by atoms with van der Waals surface area (Å²) in [5.41, 5.74) is 0. The largest absolute Gasteiger partial charge is 0.356 e. The minimum Gasteiger partial charge on any atom is -0.356 e. The summed E-state index contributed by atoms with van der Waals surface area (Å²) in [5.74, 6) is 0.0819. The zero-order valence-electron chi connectivity index (χ0n) is 12.2. The van der Waals surface area contributed by atoms with Gasteiger partial charge in [0.05, 0.1) is 0 Å². The minimum atomic E-state index is 0.0819. The number of rotatable bonds is 7. The maximum atomic E-state index is 10.7. The Balaban J connectivity index is 1.99. The Morgan fingerprint density at radius 1 is 1.28 bits per heavy atom. The summed E-state index contributed by atoms with van der Waals surface area (Å²) in [5, 5.41) is 2.84. The molecule has 1 N–H and O–H groups in total. The van der Waals surface area contributed by atoms with Crippen LogP contribution in [0, 0.1) is 0 Å². The number of piperidine rings is 1. The fourth-order valence-electron chi connectivity index (χ4n) is 2.55. The lowest BCUT2D eigenvalue weighted by atomic mass is 10.0. The van der Waals surface area contributed by atoms with Gasteiger partial charge in [0.1, 0.15) is 0 Å². The summed E-state index contributed by atoms with van der Waals surface area (Å²) in [6.45, 7) is 6.06. The average molecular weight is 255 g/mol. The van der Waals surface area contributed by atoms with Gasteiger partial charge in [-0.05, 0) is 59.4 Å². The van der Waals surface area contributed by atoms with Crippen LogP contribution in [-0.4, -0.2) is 62.0 Å². The van der Waals surface area contributed by atoms with Crippen LogP contribution in [0.15, 0.2) is 0 Å². The average Bonchev–Trinajstić information content (AvgIpc) is 2.34. The molecule has 0 unspecified atom stereocenters. The number of nitrogens with one attached hydrogen (secondary N) is 1. The van der Waals surface area contributed by atoms with E-state index in [2.05, 4.69) is 29.2 Å². The predicted octanol–water partition coefficient (Wildman–Crippen LogP) is 1.32. The molecule has 1 aliphatic rings. The monoisotopic (exact) mass is 255 g/mol. The van der Waals surface area contributed by atoms with Crippen LogP contribution < -0.4 is 5.32 Å². The van der Waals surface area contributed by atoms with E-state index in [-0.39, 0.29) is 5.91 Å². The van der Waals surface area contributed by atoms with E-state index in [1.54, 1.807) is 6.92 Å². The molecule has 1 fully saturated rings. The molecule has 18 heavy (non-hydrogen) atoms. The summed E-state index contributed by atoms with van der Waals surface area (Å²) in [6.07, 6.45) is 6.15. The fraction of sp³-hybridized carbons (Fsp3) is 0.929. The molecule has 0 spiro atoms. The van der Waals surface area contributed by atoms with Crippen molar-refractivity contribution in [3.05, 3.63) is 0 Å². The van der Waals surface area contributed by atoms with Crippen molar-refractivity contribution >= 4 is 5.91 Å². The van der Waals surface area contributed by atoms with E-state index >= 15 is 0 Å². The van der Waals surface area contributed by atoms with Crippen molar-refractivity contribution in [3.8, 4) is 0 Å². The van der Waals surface area contributed by atoms with Crippen LogP contribution in [0.5, 0.6) is 0 Å². The number of unbranched alkanes of at least 4 members (excludes halogenated alkanes) is 2. The van der Waals surface area contributed by atoms with Gasteiger partial charge in [-0.3, -0.25) is 4.79 Å². The highest BCUT2D eigenvalue weighted by atomic mass is 16.1. The van der Waals surface area contributed by atoms with E-state index in [0.29, 0.717) is 0 Å². The molecule has 1 rings (SSSR count). The van der Waals surface area contributed by atoms with Crippen molar-refractivity contribution in [2.45, 2.75) is 45.1 Å². The fourth-order valence-corrected chi connectivity index (χ4v) is 2.55.